The maximum atomic E-state index is 12.4. The van der Waals surface area contributed by atoms with Crippen LogP contribution in [0.5, 0.6) is 17.2 Å². The fourth-order valence-corrected chi connectivity index (χ4v) is 4.99. The summed E-state index contributed by atoms with van der Waals surface area (Å²) in [6.45, 7) is 4.15. The van der Waals surface area contributed by atoms with Crippen LogP contribution in [-0.2, 0) is 20.8 Å². The monoisotopic (exact) mass is 531 g/mol. The molecule has 0 saturated carbocycles. The van der Waals surface area contributed by atoms with Crippen molar-refractivity contribution in [2.24, 2.45) is 0 Å². The van der Waals surface area contributed by atoms with E-state index in [1.165, 1.54) is 18.4 Å². The van der Waals surface area contributed by atoms with Gasteiger partial charge in [-0.2, -0.15) is 0 Å². The first kappa shape index (κ1) is 26.8. The summed E-state index contributed by atoms with van der Waals surface area (Å²) in [6, 6.07) is 25.5. The van der Waals surface area contributed by atoms with Crippen molar-refractivity contribution in [3.63, 3.8) is 0 Å². The van der Waals surface area contributed by atoms with Crippen molar-refractivity contribution in [1.82, 2.24) is 0 Å². The van der Waals surface area contributed by atoms with Crippen LogP contribution in [0.1, 0.15) is 27.7 Å². The lowest BCUT2D eigenvalue weighted by Gasteiger charge is -2.11. The van der Waals surface area contributed by atoms with Gasteiger partial charge in [0, 0.05) is 22.7 Å². The number of methoxy groups -OCH3 is 1. The van der Waals surface area contributed by atoms with Gasteiger partial charge in [-0.25, -0.2) is 9.59 Å². The van der Waals surface area contributed by atoms with Gasteiger partial charge in [0.05, 0.1) is 13.7 Å². The van der Waals surface area contributed by atoms with Crippen LogP contribution in [0.25, 0.3) is 10.4 Å². The van der Waals surface area contributed by atoms with Crippen LogP contribution >= 0.6 is 11.3 Å². The Kier molecular flexibility index (Phi) is 9.00. The van der Waals surface area contributed by atoms with Crippen LogP contribution in [0.2, 0.25) is 0 Å². The highest BCUT2D eigenvalue weighted by Gasteiger charge is 2.24. The van der Waals surface area contributed by atoms with Crippen molar-refractivity contribution in [1.29, 1.82) is 0 Å². The molecule has 0 aliphatic heterocycles. The Hall–Kier alpha value is -4.30. The van der Waals surface area contributed by atoms with Crippen molar-refractivity contribution < 1.29 is 28.5 Å². The number of anilines is 1. The van der Waals surface area contributed by atoms with Crippen molar-refractivity contribution >= 4 is 29.0 Å². The molecule has 0 unspecified atom stereocenters. The van der Waals surface area contributed by atoms with Gasteiger partial charge in [-0.15, -0.1) is 11.3 Å². The first-order valence-corrected chi connectivity index (χ1v) is 13.0. The summed E-state index contributed by atoms with van der Waals surface area (Å²) in [5, 5.41) is 3.46. The second-order valence-corrected chi connectivity index (χ2v) is 9.32. The topological polar surface area (TPSA) is 83.1 Å². The molecular formula is C30H29NO6S. The minimum Gasteiger partial charge on any atom is -0.480 e. The van der Waals surface area contributed by atoms with E-state index in [0.29, 0.717) is 17.2 Å². The smallest absolute Gasteiger partial charge is 0.351 e. The Bertz CT molecular complexity index is 1400. The summed E-state index contributed by atoms with van der Waals surface area (Å²) in [5.74, 6) is 0.867. The van der Waals surface area contributed by atoms with Gasteiger partial charge in [0.1, 0.15) is 17.2 Å². The molecule has 4 aromatic rings. The molecule has 1 aromatic heterocycles. The van der Waals surface area contributed by atoms with Gasteiger partial charge in [-0.05, 0) is 61.4 Å². The summed E-state index contributed by atoms with van der Waals surface area (Å²) in [6.07, 6.45) is 0. The molecule has 1 heterocycles. The number of para-hydroxylation sites is 1. The number of thiophene rings is 1. The van der Waals surface area contributed by atoms with Crippen molar-refractivity contribution in [2.45, 2.75) is 20.4 Å². The fourth-order valence-electron chi connectivity index (χ4n) is 3.83. The molecule has 0 atom stereocenters. The average Bonchev–Trinajstić information content (AvgIpc) is 3.27. The zero-order chi connectivity index (χ0) is 26.9. The third-order valence-corrected chi connectivity index (χ3v) is 6.90. The summed E-state index contributed by atoms with van der Waals surface area (Å²) in [4.78, 5) is 25.4. The Labute approximate surface area is 225 Å². The number of carbonyl (C=O) groups excluding carboxylic acids is 2. The lowest BCUT2D eigenvalue weighted by molar-refractivity contribution is -0.145. The molecule has 1 N–H and O–H groups in total. The number of nitrogens with one attached hydrogen (secondary N) is 1. The molecule has 0 spiro atoms. The molecule has 0 aliphatic carbocycles. The van der Waals surface area contributed by atoms with Crippen LogP contribution in [0.3, 0.4) is 0 Å². The molecule has 3 aromatic carbocycles. The van der Waals surface area contributed by atoms with Crippen molar-refractivity contribution in [3.8, 4) is 27.7 Å². The van der Waals surface area contributed by atoms with Gasteiger partial charge in [-0.3, -0.25) is 0 Å². The summed E-state index contributed by atoms with van der Waals surface area (Å²) >= 11 is 1.27. The highest BCUT2D eigenvalue weighted by atomic mass is 32.1. The Morgan fingerprint density at radius 3 is 2.45 bits per heavy atom. The first-order valence-electron chi connectivity index (χ1n) is 12.1. The van der Waals surface area contributed by atoms with Gasteiger partial charge in [0.25, 0.3) is 0 Å². The fraction of sp³-hybridized carbons (Fsp3) is 0.200. The molecule has 0 amide bonds. The Balaban J connectivity index is 1.50. The number of carbonyl (C=O) groups is 2. The minimum atomic E-state index is -0.518. The van der Waals surface area contributed by atoms with E-state index >= 15 is 0 Å². The highest BCUT2D eigenvalue weighted by Crippen LogP contribution is 2.42. The molecule has 0 fully saturated rings. The zero-order valence-electron chi connectivity index (χ0n) is 21.5. The van der Waals surface area contributed by atoms with Crippen LogP contribution in [-0.4, -0.2) is 32.3 Å². The van der Waals surface area contributed by atoms with Gasteiger partial charge in [-0.1, -0.05) is 42.5 Å². The van der Waals surface area contributed by atoms with Crippen molar-refractivity contribution in [3.05, 3.63) is 94.9 Å². The standard InChI is InChI=1S/C30H29NO6S/c1-4-35-26(32)19-36-27-20(2)28(38-29(27)30(33)34-3)22-11-9-12-23(17-22)31-18-21-10-8-15-25(16-21)37-24-13-6-5-7-14-24/h5-17,31H,4,18-19H2,1-3H3. The molecule has 4 rings (SSSR count). The normalized spacial score (nSPS) is 10.5. The zero-order valence-corrected chi connectivity index (χ0v) is 22.3. The van der Waals surface area contributed by atoms with Crippen LogP contribution in [0, 0.1) is 6.92 Å². The van der Waals surface area contributed by atoms with E-state index in [1.54, 1.807) is 6.92 Å². The Morgan fingerprint density at radius 1 is 0.921 bits per heavy atom. The van der Waals surface area contributed by atoms with E-state index in [0.717, 1.165) is 38.8 Å². The molecule has 0 radical (unpaired) electrons. The largest absolute Gasteiger partial charge is 0.480 e. The van der Waals surface area contributed by atoms with Gasteiger partial charge < -0.3 is 24.3 Å². The molecule has 38 heavy (non-hydrogen) atoms. The number of rotatable bonds is 11. The maximum Gasteiger partial charge on any atom is 0.351 e. The molecule has 0 aliphatic rings. The number of benzene rings is 3. The lowest BCUT2D eigenvalue weighted by Crippen LogP contribution is -2.15. The molecule has 8 heteroatoms. The predicted octanol–water partition coefficient (Wildman–Crippen LogP) is 6.86. The molecule has 7 nitrogen and oxygen atoms in total. The van der Waals surface area contributed by atoms with E-state index in [-0.39, 0.29) is 13.2 Å². The second kappa shape index (κ2) is 12.8. The number of ether oxygens (including phenoxy) is 4. The predicted molar refractivity (Wildman–Crippen MR) is 148 cm³/mol. The van der Waals surface area contributed by atoms with Crippen LogP contribution in [0.15, 0.2) is 78.9 Å². The van der Waals surface area contributed by atoms with Gasteiger partial charge >= 0.3 is 11.9 Å². The number of hydrogen-bond donors (Lipinski definition) is 1. The van der Waals surface area contributed by atoms with E-state index < -0.39 is 11.9 Å². The van der Waals surface area contributed by atoms with Crippen molar-refractivity contribution in [2.75, 3.05) is 25.6 Å². The lowest BCUT2D eigenvalue weighted by atomic mass is 10.1. The third-order valence-electron chi connectivity index (χ3n) is 5.60. The van der Waals surface area contributed by atoms with E-state index in [4.69, 9.17) is 18.9 Å². The first-order chi connectivity index (χ1) is 18.5. The summed E-state index contributed by atoms with van der Waals surface area (Å²) in [5.41, 5.74) is 3.65. The molecule has 196 valence electrons. The molecule has 0 saturated heterocycles. The number of esters is 2. The van der Waals surface area contributed by atoms with Gasteiger partial charge in [0.2, 0.25) is 0 Å². The van der Waals surface area contributed by atoms with Crippen LogP contribution in [0.4, 0.5) is 5.69 Å². The molecule has 0 bridgehead atoms. The quantitative estimate of drug-likeness (QED) is 0.212. The van der Waals surface area contributed by atoms with Crippen LogP contribution < -0.4 is 14.8 Å². The second-order valence-electron chi connectivity index (χ2n) is 8.30. The third kappa shape index (κ3) is 6.72. The maximum absolute atomic E-state index is 12.4. The minimum absolute atomic E-state index is 0.254. The average molecular weight is 532 g/mol. The van der Waals surface area contributed by atoms with E-state index in [2.05, 4.69) is 5.32 Å². The summed E-state index contributed by atoms with van der Waals surface area (Å²) in [7, 11) is 1.32. The summed E-state index contributed by atoms with van der Waals surface area (Å²) < 4.78 is 21.5. The SMILES string of the molecule is CCOC(=O)COc1c(C(=O)OC)sc(-c2cccc(NCc3cccc(Oc4ccccc4)c3)c2)c1C. The molecular weight excluding hydrogens is 502 g/mol. The highest BCUT2D eigenvalue weighted by molar-refractivity contribution is 7.18. The number of hydrogen-bond acceptors (Lipinski definition) is 8. The van der Waals surface area contributed by atoms with Gasteiger partial charge in [0.15, 0.2) is 11.5 Å². The Morgan fingerprint density at radius 2 is 1.68 bits per heavy atom. The van der Waals surface area contributed by atoms with E-state index in [9.17, 15) is 9.59 Å². The van der Waals surface area contributed by atoms with E-state index in [1.807, 2.05) is 85.8 Å².